The highest BCUT2D eigenvalue weighted by Crippen LogP contribution is 2.32. The van der Waals surface area contributed by atoms with Crippen molar-refractivity contribution in [3.8, 4) is 11.5 Å². The van der Waals surface area contributed by atoms with Gasteiger partial charge >= 0.3 is 6.03 Å². The van der Waals surface area contributed by atoms with Crippen molar-refractivity contribution >= 4 is 23.3 Å². The molecule has 0 radical (unpaired) electrons. The van der Waals surface area contributed by atoms with Crippen molar-refractivity contribution in [3.05, 3.63) is 53.1 Å². The minimum atomic E-state index is -0.283. The molecule has 0 aromatic heterocycles. The fraction of sp³-hybridized carbons (Fsp3) is 0.235. The quantitative estimate of drug-likeness (QED) is 0.893. The van der Waals surface area contributed by atoms with E-state index < -0.39 is 0 Å². The van der Waals surface area contributed by atoms with Crippen LogP contribution in [0.5, 0.6) is 11.5 Å². The summed E-state index contributed by atoms with van der Waals surface area (Å²) in [6.07, 6.45) is 0. The number of anilines is 1. The number of carbonyl (C=O) groups is 1. The van der Waals surface area contributed by atoms with Gasteiger partial charge in [-0.15, -0.1) is 0 Å². The van der Waals surface area contributed by atoms with E-state index in [4.69, 9.17) is 21.1 Å². The number of rotatable bonds is 3. The van der Waals surface area contributed by atoms with E-state index in [0.717, 1.165) is 11.3 Å². The molecule has 3 rings (SSSR count). The first-order valence-corrected chi connectivity index (χ1v) is 7.72. The molecule has 1 aliphatic heterocycles. The Balaban J connectivity index is 1.63. The molecule has 2 aromatic rings. The average Bonchev–Trinajstić information content (AvgIpc) is 2.56. The molecule has 0 fully saturated rings. The lowest BCUT2D eigenvalue weighted by Crippen LogP contribution is -2.31. The number of amides is 2. The lowest BCUT2D eigenvalue weighted by Gasteiger charge is -2.21. The van der Waals surface area contributed by atoms with Gasteiger partial charge in [-0.05, 0) is 48.9 Å². The minimum absolute atomic E-state index is 0.168. The van der Waals surface area contributed by atoms with Crippen LogP contribution in [0.15, 0.2) is 42.5 Å². The predicted molar refractivity (Wildman–Crippen MR) is 89.5 cm³/mol. The molecule has 6 heteroatoms. The van der Waals surface area contributed by atoms with E-state index >= 15 is 0 Å². The highest BCUT2D eigenvalue weighted by molar-refractivity contribution is 6.30. The summed E-state index contributed by atoms with van der Waals surface area (Å²) in [7, 11) is 0. The Morgan fingerprint density at radius 2 is 1.78 bits per heavy atom. The number of hydrogen-bond donors (Lipinski definition) is 2. The Labute approximate surface area is 139 Å². The molecule has 0 spiro atoms. The molecule has 0 aliphatic carbocycles. The number of urea groups is 1. The molecular weight excluding hydrogens is 316 g/mol. The summed E-state index contributed by atoms with van der Waals surface area (Å²) < 4.78 is 11.1. The summed E-state index contributed by atoms with van der Waals surface area (Å²) in [5.74, 6) is 1.44. The van der Waals surface area contributed by atoms with Crippen LogP contribution < -0.4 is 20.1 Å². The Hall–Kier alpha value is -2.40. The summed E-state index contributed by atoms with van der Waals surface area (Å²) in [6, 6.07) is 12.2. The molecule has 0 saturated heterocycles. The topological polar surface area (TPSA) is 59.6 Å². The maximum absolute atomic E-state index is 12.1. The van der Waals surface area contributed by atoms with Crippen LogP contribution in [0.25, 0.3) is 0 Å². The highest BCUT2D eigenvalue weighted by atomic mass is 35.5. The zero-order valence-electron chi connectivity index (χ0n) is 12.6. The van der Waals surface area contributed by atoms with Crippen LogP contribution in [-0.2, 0) is 0 Å². The molecule has 0 saturated carbocycles. The Bertz CT molecular complexity index is 703. The molecular formula is C17H17ClN2O3. The maximum atomic E-state index is 12.1. The second-order valence-corrected chi connectivity index (χ2v) is 5.67. The number of benzene rings is 2. The van der Waals surface area contributed by atoms with Gasteiger partial charge in [0, 0.05) is 10.7 Å². The molecule has 2 aromatic carbocycles. The van der Waals surface area contributed by atoms with Gasteiger partial charge in [0.05, 0.1) is 6.04 Å². The number of nitrogens with one attached hydrogen (secondary N) is 2. The number of hydrogen-bond acceptors (Lipinski definition) is 3. The first-order valence-electron chi connectivity index (χ1n) is 7.34. The van der Waals surface area contributed by atoms with Gasteiger partial charge in [-0.3, -0.25) is 0 Å². The fourth-order valence-electron chi connectivity index (χ4n) is 2.31. The van der Waals surface area contributed by atoms with Gasteiger partial charge in [0.2, 0.25) is 0 Å². The second kappa shape index (κ2) is 6.79. The van der Waals surface area contributed by atoms with Crippen LogP contribution in [0.4, 0.5) is 10.5 Å². The molecule has 1 aliphatic rings. The molecule has 0 bridgehead atoms. The number of carbonyl (C=O) groups excluding carboxylic acids is 1. The monoisotopic (exact) mass is 332 g/mol. The third kappa shape index (κ3) is 3.87. The lowest BCUT2D eigenvalue weighted by atomic mass is 10.1. The van der Waals surface area contributed by atoms with E-state index in [-0.39, 0.29) is 12.1 Å². The van der Waals surface area contributed by atoms with Gasteiger partial charge in [0.25, 0.3) is 0 Å². The van der Waals surface area contributed by atoms with Crippen LogP contribution in [-0.4, -0.2) is 19.2 Å². The van der Waals surface area contributed by atoms with E-state index in [1.165, 1.54) is 0 Å². The largest absolute Gasteiger partial charge is 0.486 e. The number of fused-ring (bicyclic) bond motifs is 1. The van der Waals surface area contributed by atoms with E-state index in [1.807, 2.05) is 25.1 Å². The van der Waals surface area contributed by atoms with Crippen molar-refractivity contribution in [3.63, 3.8) is 0 Å². The van der Waals surface area contributed by atoms with E-state index in [9.17, 15) is 4.79 Å². The van der Waals surface area contributed by atoms with Crippen molar-refractivity contribution in [2.45, 2.75) is 13.0 Å². The molecule has 5 nitrogen and oxygen atoms in total. The van der Waals surface area contributed by atoms with Crippen molar-refractivity contribution in [2.75, 3.05) is 18.5 Å². The zero-order valence-corrected chi connectivity index (χ0v) is 13.4. The SMILES string of the molecule is C[C@H](NC(=O)Nc1ccc(Cl)cc1)c1ccc2c(c1)OCCO2. The summed E-state index contributed by atoms with van der Waals surface area (Å²) in [4.78, 5) is 12.1. The van der Waals surface area contributed by atoms with E-state index in [2.05, 4.69) is 10.6 Å². The Morgan fingerprint density at radius 3 is 2.52 bits per heavy atom. The van der Waals surface area contributed by atoms with Crippen LogP contribution in [0, 0.1) is 0 Å². The fourth-order valence-corrected chi connectivity index (χ4v) is 2.44. The van der Waals surface area contributed by atoms with Gasteiger partial charge in [-0.2, -0.15) is 0 Å². The van der Waals surface area contributed by atoms with Crippen LogP contribution in [0.1, 0.15) is 18.5 Å². The normalized spacial score (nSPS) is 14.0. The first-order chi connectivity index (χ1) is 11.1. The van der Waals surface area contributed by atoms with Crippen molar-refractivity contribution in [2.24, 2.45) is 0 Å². The van der Waals surface area contributed by atoms with Gasteiger partial charge in [0.15, 0.2) is 11.5 Å². The zero-order chi connectivity index (χ0) is 16.2. The van der Waals surface area contributed by atoms with E-state index in [1.54, 1.807) is 24.3 Å². The molecule has 23 heavy (non-hydrogen) atoms. The Kier molecular flexibility index (Phi) is 4.57. The molecule has 0 unspecified atom stereocenters. The lowest BCUT2D eigenvalue weighted by molar-refractivity contribution is 0.171. The second-order valence-electron chi connectivity index (χ2n) is 5.23. The van der Waals surface area contributed by atoms with Crippen LogP contribution in [0.3, 0.4) is 0 Å². The molecule has 1 atom stereocenters. The average molecular weight is 333 g/mol. The smallest absolute Gasteiger partial charge is 0.319 e. The van der Waals surface area contributed by atoms with Crippen molar-refractivity contribution < 1.29 is 14.3 Å². The number of ether oxygens (including phenoxy) is 2. The third-order valence-corrected chi connectivity index (χ3v) is 3.77. The number of halogens is 1. The van der Waals surface area contributed by atoms with Gasteiger partial charge in [-0.25, -0.2) is 4.79 Å². The minimum Gasteiger partial charge on any atom is -0.486 e. The summed E-state index contributed by atoms with van der Waals surface area (Å²) in [5.41, 5.74) is 1.63. The summed E-state index contributed by atoms with van der Waals surface area (Å²) >= 11 is 5.82. The van der Waals surface area contributed by atoms with Crippen molar-refractivity contribution in [1.29, 1.82) is 0 Å². The molecule has 2 N–H and O–H groups in total. The van der Waals surface area contributed by atoms with E-state index in [0.29, 0.717) is 29.7 Å². The summed E-state index contributed by atoms with van der Waals surface area (Å²) in [6.45, 7) is 3.01. The van der Waals surface area contributed by atoms with Crippen LogP contribution >= 0.6 is 11.6 Å². The molecule has 120 valence electrons. The summed E-state index contributed by atoms with van der Waals surface area (Å²) in [5, 5.41) is 6.28. The maximum Gasteiger partial charge on any atom is 0.319 e. The van der Waals surface area contributed by atoms with Gasteiger partial charge < -0.3 is 20.1 Å². The van der Waals surface area contributed by atoms with Gasteiger partial charge in [0.1, 0.15) is 13.2 Å². The first kappa shape index (κ1) is 15.5. The highest BCUT2D eigenvalue weighted by Gasteiger charge is 2.15. The molecule has 1 heterocycles. The van der Waals surface area contributed by atoms with Gasteiger partial charge in [-0.1, -0.05) is 17.7 Å². The molecule has 2 amide bonds. The Morgan fingerprint density at radius 1 is 1.09 bits per heavy atom. The van der Waals surface area contributed by atoms with Crippen LogP contribution in [0.2, 0.25) is 5.02 Å². The standard InChI is InChI=1S/C17H17ClN2O3/c1-11(12-2-7-15-16(10-12)23-9-8-22-15)19-17(21)20-14-5-3-13(18)4-6-14/h2-7,10-11H,8-9H2,1H3,(H2,19,20,21)/t11-/m0/s1. The predicted octanol–water partition coefficient (Wildman–Crippen LogP) is 3.99. The van der Waals surface area contributed by atoms with Crippen molar-refractivity contribution in [1.82, 2.24) is 5.32 Å². The third-order valence-electron chi connectivity index (χ3n) is 3.52.